The third kappa shape index (κ3) is 3.97. The third-order valence-electron chi connectivity index (χ3n) is 2.12. The number of nitrogens with one attached hydrogen (secondary N) is 1. The second-order valence-corrected chi connectivity index (χ2v) is 3.69. The van der Waals surface area contributed by atoms with Gasteiger partial charge in [-0.1, -0.05) is 12.1 Å². The Balaban J connectivity index is 2.87. The molecule has 0 radical (unpaired) electrons. The molecular formula is C11H12F3NO2. The lowest BCUT2D eigenvalue weighted by Crippen LogP contribution is -2.21. The van der Waals surface area contributed by atoms with Gasteiger partial charge in [0.2, 0.25) is 0 Å². The van der Waals surface area contributed by atoms with Crippen molar-refractivity contribution in [2.45, 2.75) is 25.6 Å². The zero-order valence-corrected chi connectivity index (χ0v) is 9.08. The van der Waals surface area contributed by atoms with E-state index in [1.807, 2.05) is 0 Å². The van der Waals surface area contributed by atoms with Gasteiger partial charge in [-0.2, -0.15) is 13.2 Å². The van der Waals surface area contributed by atoms with Gasteiger partial charge in [0.25, 0.3) is 0 Å². The molecule has 0 aromatic heterocycles. The van der Waals surface area contributed by atoms with Crippen LogP contribution in [0.25, 0.3) is 0 Å². The largest absolute Gasteiger partial charge is 0.481 e. The molecule has 0 aliphatic heterocycles. The van der Waals surface area contributed by atoms with Gasteiger partial charge >= 0.3 is 12.1 Å². The summed E-state index contributed by atoms with van der Waals surface area (Å²) in [6, 6.07) is 4.41. The molecule has 0 heterocycles. The van der Waals surface area contributed by atoms with Crippen molar-refractivity contribution in [1.82, 2.24) is 0 Å². The first-order chi connectivity index (χ1) is 7.80. The summed E-state index contributed by atoms with van der Waals surface area (Å²) >= 11 is 0. The summed E-state index contributed by atoms with van der Waals surface area (Å²) in [5.41, 5.74) is -0.897. The van der Waals surface area contributed by atoms with Crippen molar-refractivity contribution in [3.8, 4) is 0 Å². The van der Waals surface area contributed by atoms with Crippen molar-refractivity contribution in [3.05, 3.63) is 29.8 Å². The van der Waals surface area contributed by atoms with E-state index in [0.717, 1.165) is 6.07 Å². The number of hydrogen-bond acceptors (Lipinski definition) is 2. The number of halogens is 3. The lowest BCUT2D eigenvalue weighted by atomic mass is 10.1. The molecule has 0 saturated heterocycles. The van der Waals surface area contributed by atoms with Gasteiger partial charge in [0, 0.05) is 11.7 Å². The molecule has 0 saturated carbocycles. The number of benzene rings is 1. The Morgan fingerprint density at radius 1 is 1.41 bits per heavy atom. The van der Waals surface area contributed by atoms with E-state index in [1.54, 1.807) is 0 Å². The summed E-state index contributed by atoms with van der Waals surface area (Å²) in [5, 5.41) is 11.1. The summed E-state index contributed by atoms with van der Waals surface area (Å²) in [6.45, 7) is 1.52. The number of anilines is 1. The van der Waals surface area contributed by atoms with Gasteiger partial charge in [0.05, 0.1) is 12.0 Å². The number of hydrogen-bond donors (Lipinski definition) is 2. The van der Waals surface area contributed by atoms with Crippen molar-refractivity contribution in [2.24, 2.45) is 0 Å². The van der Waals surface area contributed by atoms with E-state index in [-0.39, 0.29) is 12.1 Å². The molecule has 94 valence electrons. The molecule has 0 aliphatic carbocycles. The van der Waals surface area contributed by atoms with E-state index in [2.05, 4.69) is 5.32 Å². The van der Waals surface area contributed by atoms with Gasteiger partial charge < -0.3 is 10.4 Å². The first kappa shape index (κ1) is 13.3. The maximum absolute atomic E-state index is 12.6. The monoisotopic (exact) mass is 247 g/mol. The molecular weight excluding hydrogens is 235 g/mol. The minimum absolute atomic E-state index is 0.103. The first-order valence-electron chi connectivity index (χ1n) is 4.95. The average Bonchev–Trinajstić information content (AvgIpc) is 2.15. The van der Waals surface area contributed by atoms with Gasteiger partial charge in [0.15, 0.2) is 0 Å². The minimum Gasteiger partial charge on any atom is -0.481 e. The Kier molecular flexibility index (Phi) is 3.98. The molecule has 0 fully saturated rings. The Labute approximate surface area is 96.3 Å². The molecule has 0 amide bonds. The molecule has 1 atom stereocenters. The number of carboxylic acid groups (broad SMARTS) is 1. The normalized spacial score (nSPS) is 13.2. The van der Waals surface area contributed by atoms with E-state index >= 15 is 0 Å². The second kappa shape index (κ2) is 5.07. The van der Waals surface area contributed by atoms with E-state index in [9.17, 15) is 18.0 Å². The van der Waals surface area contributed by atoms with E-state index in [4.69, 9.17) is 5.11 Å². The van der Waals surface area contributed by atoms with Crippen molar-refractivity contribution >= 4 is 11.7 Å². The molecule has 0 aliphatic rings. The number of carboxylic acids is 1. The SMILES string of the molecule is CC(CC(=O)O)Nc1ccccc1C(F)(F)F. The second-order valence-electron chi connectivity index (χ2n) is 3.69. The number of alkyl halides is 3. The molecule has 6 heteroatoms. The highest BCUT2D eigenvalue weighted by atomic mass is 19.4. The van der Waals surface area contributed by atoms with Crippen LogP contribution in [-0.4, -0.2) is 17.1 Å². The van der Waals surface area contributed by atoms with Crippen molar-refractivity contribution in [1.29, 1.82) is 0 Å². The molecule has 0 spiro atoms. The fourth-order valence-corrected chi connectivity index (χ4v) is 1.43. The lowest BCUT2D eigenvalue weighted by molar-refractivity contribution is -0.137. The third-order valence-corrected chi connectivity index (χ3v) is 2.12. The topological polar surface area (TPSA) is 49.3 Å². The molecule has 2 N–H and O–H groups in total. The van der Waals surface area contributed by atoms with Gasteiger partial charge in [-0.15, -0.1) is 0 Å². The Morgan fingerprint density at radius 3 is 2.53 bits per heavy atom. The molecule has 0 bridgehead atoms. The highest BCUT2D eigenvalue weighted by Crippen LogP contribution is 2.34. The molecule has 1 aromatic rings. The van der Waals surface area contributed by atoms with Gasteiger partial charge in [-0.3, -0.25) is 4.79 Å². The summed E-state index contributed by atoms with van der Waals surface area (Å²) < 4.78 is 37.8. The van der Waals surface area contributed by atoms with Crippen LogP contribution in [-0.2, 0) is 11.0 Å². The molecule has 1 aromatic carbocycles. The van der Waals surface area contributed by atoms with Gasteiger partial charge in [-0.05, 0) is 19.1 Å². The lowest BCUT2D eigenvalue weighted by Gasteiger charge is -2.18. The van der Waals surface area contributed by atoms with Gasteiger partial charge in [0.1, 0.15) is 0 Å². The van der Waals surface area contributed by atoms with Crippen LogP contribution in [0.5, 0.6) is 0 Å². The van der Waals surface area contributed by atoms with E-state index in [0.29, 0.717) is 0 Å². The summed E-state index contributed by atoms with van der Waals surface area (Å²) in [4.78, 5) is 10.4. The minimum atomic E-state index is -4.45. The number of aliphatic carboxylic acids is 1. The maximum atomic E-state index is 12.6. The van der Waals surface area contributed by atoms with Crippen LogP contribution < -0.4 is 5.32 Å². The van der Waals surface area contributed by atoms with Crippen molar-refractivity contribution < 1.29 is 23.1 Å². The fraction of sp³-hybridized carbons (Fsp3) is 0.364. The standard InChI is InChI=1S/C11H12F3NO2/c1-7(6-10(16)17)15-9-5-3-2-4-8(9)11(12,13)14/h2-5,7,15H,6H2,1H3,(H,16,17). The summed E-state index contributed by atoms with van der Waals surface area (Å²) in [7, 11) is 0. The summed E-state index contributed by atoms with van der Waals surface area (Å²) in [6.07, 6.45) is -4.70. The van der Waals surface area contributed by atoms with Crippen molar-refractivity contribution in [3.63, 3.8) is 0 Å². The summed E-state index contributed by atoms with van der Waals surface area (Å²) in [5.74, 6) is -1.06. The van der Waals surface area contributed by atoms with E-state index in [1.165, 1.54) is 25.1 Å². The number of carbonyl (C=O) groups is 1. The van der Waals surface area contributed by atoms with Crippen molar-refractivity contribution in [2.75, 3.05) is 5.32 Å². The van der Waals surface area contributed by atoms with Crippen LogP contribution in [0.2, 0.25) is 0 Å². The number of para-hydroxylation sites is 1. The number of rotatable bonds is 4. The maximum Gasteiger partial charge on any atom is 0.418 e. The zero-order chi connectivity index (χ0) is 13.1. The predicted molar refractivity (Wildman–Crippen MR) is 56.8 cm³/mol. The van der Waals surface area contributed by atoms with Crippen LogP contribution in [0.4, 0.5) is 18.9 Å². The van der Waals surface area contributed by atoms with E-state index < -0.39 is 23.8 Å². The van der Waals surface area contributed by atoms with Crippen LogP contribution in [0.1, 0.15) is 18.9 Å². The van der Waals surface area contributed by atoms with Crippen LogP contribution in [0, 0.1) is 0 Å². The average molecular weight is 247 g/mol. The Morgan fingerprint density at radius 2 is 2.00 bits per heavy atom. The highest BCUT2D eigenvalue weighted by molar-refractivity contribution is 5.68. The Bertz CT molecular complexity index is 404. The smallest absolute Gasteiger partial charge is 0.418 e. The first-order valence-corrected chi connectivity index (χ1v) is 4.95. The van der Waals surface area contributed by atoms with Gasteiger partial charge in [-0.25, -0.2) is 0 Å². The Hall–Kier alpha value is -1.72. The molecule has 1 rings (SSSR count). The molecule has 17 heavy (non-hydrogen) atoms. The van der Waals surface area contributed by atoms with Crippen LogP contribution >= 0.6 is 0 Å². The molecule has 1 unspecified atom stereocenters. The highest BCUT2D eigenvalue weighted by Gasteiger charge is 2.33. The molecule has 3 nitrogen and oxygen atoms in total. The van der Waals surface area contributed by atoms with Crippen LogP contribution in [0.3, 0.4) is 0 Å². The quantitative estimate of drug-likeness (QED) is 0.859. The zero-order valence-electron chi connectivity index (χ0n) is 9.08. The predicted octanol–water partition coefficient (Wildman–Crippen LogP) is 2.98. The van der Waals surface area contributed by atoms with Crippen LogP contribution in [0.15, 0.2) is 24.3 Å². The fourth-order valence-electron chi connectivity index (χ4n) is 1.43.